The molecule has 0 bridgehead atoms. The summed E-state index contributed by atoms with van der Waals surface area (Å²) in [6.45, 7) is 0. The summed E-state index contributed by atoms with van der Waals surface area (Å²) in [5.74, 6) is -15.2. The third-order valence-corrected chi connectivity index (χ3v) is 2.98. The van der Waals surface area contributed by atoms with Gasteiger partial charge in [-0.1, -0.05) is 6.07 Å². The summed E-state index contributed by atoms with van der Waals surface area (Å²) in [6, 6.07) is 2.40. The second-order valence-electron chi connectivity index (χ2n) is 4.35. The number of anilines is 1. The van der Waals surface area contributed by atoms with E-state index in [4.69, 9.17) is 0 Å². The van der Waals surface area contributed by atoms with E-state index in [1.165, 1.54) is 19.0 Å². The molecule has 0 fully saturated rings. The van der Waals surface area contributed by atoms with Crippen LogP contribution >= 0.6 is 0 Å². The second-order valence-corrected chi connectivity index (χ2v) is 4.35. The van der Waals surface area contributed by atoms with Crippen molar-refractivity contribution >= 4 is 5.69 Å². The maximum atomic E-state index is 13.4. The molecule has 1 nitrogen and oxygen atoms in total. The number of rotatable bonds is 1. The number of benzene rings is 1. The van der Waals surface area contributed by atoms with Gasteiger partial charge in [-0.2, -0.15) is 26.3 Å². The fraction of sp³-hybridized carbons (Fsp3) is 0.455. The summed E-state index contributed by atoms with van der Waals surface area (Å²) in [5.41, 5.74) is -2.48. The Labute approximate surface area is 99.0 Å². The molecule has 0 aromatic heterocycles. The molecule has 0 N–H and O–H groups in total. The van der Waals surface area contributed by atoms with Crippen molar-refractivity contribution < 1.29 is 26.3 Å². The predicted molar refractivity (Wildman–Crippen MR) is 53.5 cm³/mol. The molecule has 1 aliphatic carbocycles. The zero-order valence-corrected chi connectivity index (χ0v) is 9.45. The summed E-state index contributed by atoms with van der Waals surface area (Å²) in [4.78, 5) is 1.37. The summed E-state index contributed by atoms with van der Waals surface area (Å²) < 4.78 is 79.6. The molecule has 0 aliphatic heterocycles. The standard InChI is InChI=1S/C11H9F6N/c1-18(2)6-3-4-7-8(5-6)10(14,15)11(16,17)9(7,12)13/h3-5H,1-2H3. The minimum atomic E-state index is -5.41. The fourth-order valence-corrected chi connectivity index (χ4v) is 1.88. The zero-order chi connectivity index (χ0) is 13.9. The lowest BCUT2D eigenvalue weighted by molar-refractivity contribution is -0.302. The Morgan fingerprint density at radius 1 is 0.833 bits per heavy atom. The van der Waals surface area contributed by atoms with Gasteiger partial charge in [0.05, 0.1) is 0 Å². The number of halogens is 6. The van der Waals surface area contributed by atoms with Crippen molar-refractivity contribution in [3.05, 3.63) is 29.3 Å². The highest BCUT2D eigenvalue weighted by molar-refractivity contribution is 5.55. The molecule has 1 aromatic carbocycles. The largest absolute Gasteiger partial charge is 0.380 e. The van der Waals surface area contributed by atoms with E-state index in [1.807, 2.05) is 0 Å². The van der Waals surface area contributed by atoms with E-state index >= 15 is 0 Å². The van der Waals surface area contributed by atoms with Crippen molar-refractivity contribution in [2.45, 2.75) is 17.8 Å². The molecule has 0 saturated heterocycles. The minimum absolute atomic E-state index is 0.155. The lowest BCUT2D eigenvalue weighted by Crippen LogP contribution is -2.43. The number of hydrogen-bond donors (Lipinski definition) is 0. The van der Waals surface area contributed by atoms with Crippen LogP contribution in [0.1, 0.15) is 11.1 Å². The molecule has 0 radical (unpaired) electrons. The van der Waals surface area contributed by atoms with Gasteiger partial charge in [0.2, 0.25) is 0 Å². The third-order valence-electron chi connectivity index (χ3n) is 2.98. The summed E-state index contributed by atoms with van der Waals surface area (Å²) in [6.07, 6.45) is 0. The van der Waals surface area contributed by atoms with Crippen molar-refractivity contribution in [3.8, 4) is 0 Å². The maximum absolute atomic E-state index is 13.4. The van der Waals surface area contributed by atoms with Gasteiger partial charge < -0.3 is 4.90 Å². The first-order valence-corrected chi connectivity index (χ1v) is 4.99. The Morgan fingerprint density at radius 2 is 1.33 bits per heavy atom. The quantitative estimate of drug-likeness (QED) is 0.704. The summed E-state index contributed by atoms with van der Waals surface area (Å²) in [5, 5.41) is 0. The zero-order valence-electron chi connectivity index (χ0n) is 9.45. The number of fused-ring (bicyclic) bond motifs is 1. The van der Waals surface area contributed by atoms with E-state index in [-0.39, 0.29) is 5.69 Å². The normalized spacial score (nSPS) is 22.7. The molecule has 18 heavy (non-hydrogen) atoms. The van der Waals surface area contributed by atoms with Crippen molar-refractivity contribution in [1.29, 1.82) is 0 Å². The number of alkyl halides is 6. The smallest absolute Gasteiger partial charge is 0.378 e. The van der Waals surface area contributed by atoms with Crippen LogP contribution in [0.5, 0.6) is 0 Å². The van der Waals surface area contributed by atoms with Gasteiger partial charge in [0.1, 0.15) is 0 Å². The summed E-state index contributed by atoms with van der Waals surface area (Å²) >= 11 is 0. The van der Waals surface area contributed by atoms with Crippen LogP contribution in [0.2, 0.25) is 0 Å². The SMILES string of the molecule is CN(C)c1ccc2c(c1)C(F)(F)C(F)(F)C2(F)F. The van der Waals surface area contributed by atoms with Crippen LogP contribution in [-0.4, -0.2) is 20.0 Å². The molecular formula is C11H9F6N. The lowest BCUT2D eigenvalue weighted by Gasteiger charge is -2.23. The van der Waals surface area contributed by atoms with Crippen LogP contribution in [0.25, 0.3) is 0 Å². The topological polar surface area (TPSA) is 3.24 Å². The van der Waals surface area contributed by atoms with E-state index in [2.05, 4.69) is 0 Å². The molecule has 0 unspecified atom stereocenters. The van der Waals surface area contributed by atoms with E-state index in [9.17, 15) is 26.3 Å². The fourth-order valence-electron chi connectivity index (χ4n) is 1.88. The van der Waals surface area contributed by atoms with Gasteiger partial charge >= 0.3 is 17.8 Å². The monoisotopic (exact) mass is 269 g/mol. The van der Waals surface area contributed by atoms with Crippen LogP contribution in [0.3, 0.4) is 0 Å². The molecule has 0 atom stereocenters. The first-order valence-electron chi connectivity index (χ1n) is 4.99. The first kappa shape index (κ1) is 13.0. The highest BCUT2D eigenvalue weighted by atomic mass is 19.3. The van der Waals surface area contributed by atoms with Gasteiger partial charge in [0, 0.05) is 30.9 Å². The van der Waals surface area contributed by atoms with Crippen LogP contribution < -0.4 is 4.90 Å². The van der Waals surface area contributed by atoms with Gasteiger partial charge in [-0.05, 0) is 12.1 Å². The molecule has 7 heteroatoms. The lowest BCUT2D eigenvalue weighted by atomic mass is 10.1. The Morgan fingerprint density at radius 3 is 1.83 bits per heavy atom. The number of hydrogen-bond acceptors (Lipinski definition) is 1. The van der Waals surface area contributed by atoms with E-state index in [0.717, 1.165) is 6.07 Å². The van der Waals surface area contributed by atoms with E-state index < -0.39 is 28.9 Å². The van der Waals surface area contributed by atoms with E-state index in [1.54, 1.807) is 0 Å². The molecule has 100 valence electrons. The van der Waals surface area contributed by atoms with Gasteiger partial charge in [-0.25, -0.2) is 0 Å². The van der Waals surface area contributed by atoms with Gasteiger partial charge in [-0.3, -0.25) is 0 Å². The van der Waals surface area contributed by atoms with Crippen molar-refractivity contribution in [1.82, 2.24) is 0 Å². The predicted octanol–water partition coefficient (Wildman–Crippen LogP) is 3.59. The van der Waals surface area contributed by atoms with Crippen LogP contribution in [0.15, 0.2) is 18.2 Å². The van der Waals surface area contributed by atoms with Gasteiger partial charge in [-0.15, -0.1) is 0 Å². The molecule has 1 aliphatic rings. The van der Waals surface area contributed by atoms with Crippen LogP contribution in [-0.2, 0) is 11.8 Å². The molecular weight excluding hydrogens is 260 g/mol. The van der Waals surface area contributed by atoms with Gasteiger partial charge in [0.25, 0.3) is 0 Å². The number of nitrogens with zero attached hydrogens (tertiary/aromatic N) is 1. The average Bonchev–Trinajstić information content (AvgIpc) is 2.36. The van der Waals surface area contributed by atoms with Gasteiger partial charge in [0.15, 0.2) is 0 Å². The minimum Gasteiger partial charge on any atom is -0.378 e. The molecule has 2 rings (SSSR count). The highest BCUT2D eigenvalue weighted by Crippen LogP contribution is 2.63. The Bertz CT molecular complexity index is 494. The van der Waals surface area contributed by atoms with Crippen LogP contribution in [0.4, 0.5) is 32.0 Å². The van der Waals surface area contributed by atoms with E-state index in [0.29, 0.717) is 12.1 Å². The van der Waals surface area contributed by atoms with Crippen molar-refractivity contribution in [3.63, 3.8) is 0 Å². The van der Waals surface area contributed by atoms with Crippen LogP contribution in [0, 0.1) is 0 Å². The van der Waals surface area contributed by atoms with Crippen molar-refractivity contribution in [2.75, 3.05) is 19.0 Å². The molecule has 0 spiro atoms. The molecule has 0 heterocycles. The Kier molecular flexibility index (Phi) is 2.41. The third kappa shape index (κ3) is 1.30. The first-order chi connectivity index (χ1) is 8.03. The molecule has 0 amide bonds. The average molecular weight is 269 g/mol. The molecule has 1 aromatic rings. The second kappa shape index (κ2) is 3.33. The highest BCUT2D eigenvalue weighted by Gasteiger charge is 2.79. The molecule has 0 saturated carbocycles. The Balaban J connectivity index is 2.72. The summed E-state index contributed by atoms with van der Waals surface area (Å²) in [7, 11) is 2.98. The maximum Gasteiger partial charge on any atom is 0.380 e. The van der Waals surface area contributed by atoms with Crippen molar-refractivity contribution in [2.24, 2.45) is 0 Å². The Hall–Kier alpha value is -1.40.